The van der Waals surface area contributed by atoms with Crippen LogP contribution in [0, 0.1) is 0 Å². The van der Waals surface area contributed by atoms with Crippen LogP contribution < -0.4 is 10.1 Å². The smallest absolute Gasteiger partial charge is 0.140 e. The molecule has 1 saturated carbocycles. The lowest BCUT2D eigenvalue weighted by molar-refractivity contribution is 0.177. The van der Waals surface area contributed by atoms with Gasteiger partial charge in [0.1, 0.15) is 5.75 Å². The Labute approximate surface area is 119 Å². The summed E-state index contributed by atoms with van der Waals surface area (Å²) in [5.41, 5.74) is 2.01. The van der Waals surface area contributed by atoms with E-state index in [1.807, 2.05) is 7.05 Å². The molecule has 0 aliphatic heterocycles. The van der Waals surface area contributed by atoms with Crippen molar-refractivity contribution >= 4 is 11.6 Å². The molecule has 0 bridgehead atoms. The van der Waals surface area contributed by atoms with Gasteiger partial charge in [-0.25, -0.2) is 0 Å². The number of methoxy groups -OCH3 is 1. The predicted octanol–water partition coefficient (Wildman–Crippen LogP) is 3.26. The molecule has 19 heavy (non-hydrogen) atoms. The number of halogens is 1. The third kappa shape index (κ3) is 3.22. The molecule has 0 saturated heterocycles. The highest BCUT2D eigenvalue weighted by Gasteiger charge is 2.24. The van der Waals surface area contributed by atoms with Crippen molar-refractivity contribution in [1.82, 2.24) is 5.32 Å². The Kier molecular flexibility index (Phi) is 5.08. The molecule has 1 atom stereocenters. The van der Waals surface area contributed by atoms with Gasteiger partial charge in [-0.15, -0.1) is 0 Å². The van der Waals surface area contributed by atoms with Gasteiger partial charge in [0, 0.05) is 6.54 Å². The fraction of sp³-hybridized carbons (Fsp3) is 0.600. The summed E-state index contributed by atoms with van der Waals surface area (Å²) in [6, 6.07) is 3.86. The molecule has 2 rings (SSSR count). The van der Waals surface area contributed by atoms with Crippen LogP contribution in [-0.4, -0.2) is 25.8 Å². The standard InChI is InChI=1S/C15H22ClNO2/c1-17-9-14(18)11-7-12(10-5-3-4-6-10)15(19-2)13(16)8-11/h7-8,10,14,17-18H,3-6,9H2,1-2H3. The number of likely N-dealkylation sites (N-methyl/N-ethyl adjacent to an activating group) is 1. The minimum Gasteiger partial charge on any atom is -0.495 e. The second-order valence-corrected chi connectivity index (χ2v) is 5.59. The highest BCUT2D eigenvalue weighted by molar-refractivity contribution is 6.32. The Morgan fingerprint density at radius 3 is 2.68 bits per heavy atom. The van der Waals surface area contributed by atoms with Gasteiger partial charge in [-0.05, 0) is 49.1 Å². The van der Waals surface area contributed by atoms with E-state index >= 15 is 0 Å². The van der Waals surface area contributed by atoms with Crippen molar-refractivity contribution in [2.75, 3.05) is 20.7 Å². The highest BCUT2D eigenvalue weighted by Crippen LogP contribution is 2.43. The largest absolute Gasteiger partial charge is 0.495 e. The second-order valence-electron chi connectivity index (χ2n) is 5.18. The first-order valence-electron chi connectivity index (χ1n) is 6.87. The molecular formula is C15H22ClNO2. The average Bonchev–Trinajstić information content (AvgIpc) is 2.91. The number of hydrogen-bond donors (Lipinski definition) is 2. The Hall–Kier alpha value is -0.770. The zero-order valence-electron chi connectivity index (χ0n) is 11.6. The van der Waals surface area contributed by atoms with E-state index in [1.165, 1.54) is 25.7 Å². The summed E-state index contributed by atoms with van der Waals surface area (Å²) < 4.78 is 5.45. The Morgan fingerprint density at radius 2 is 2.11 bits per heavy atom. The van der Waals surface area contributed by atoms with Crippen LogP contribution in [0.1, 0.15) is 48.8 Å². The number of aliphatic hydroxyl groups is 1. The monoisotopic (exact) mass is 283 g/mol. The third-order valence-electron chi connectivity index (χ3n) is 3.88. The number of nitrogens with one attached hydrogen (secondary N) is 1. The first-order valence-corrected chi connectivity index (χ1v) is 7.25. The van der Waals surface area contributed by atoms with E-state index in [4.69, 9.17) is 16.3 Å². The van der Waals surface area contributed by atoms with E-state index in [1.54, 1.807) is 13.2 Å². The van der Waals surface area contributed by atoms with Crippen LogP contribution in [0.3, 0.4) is 0 Å². The van der Waals surface area contributed by atoms with Crippen LogP contribution in [0.15, 0.2) is 12.1 Å². The van der Waals surface area contributed by atoms with Gasteiger partial charge in [-0.3, -0.25) is 0 Å². The Balaban J connectivity index is 2.37. The van der Waals surface area contributed by atoms with Crippen molar-refractivity contribution in [1.29, 1.82) is 0 Å². The molecule has 2 N–H and O–H groups in total. The molecule has 0 spiro atoms. The quantitative estimate of drug-likeness (QED) is 0.871. The molecule has 1 unspecified atom stereocenters. The summed E-state index contributed by atoms with van der Waals surface area (Å²) in [4.78, 5) is 0. The van der Waals surface area contributed by atoms with Crippen molar-refractivity contribution < 1.29 is 9.84 Å². The minimum absolute atomic E-state index is 0.509. The van der Waals surface area contributed by atoms with Crippen LogP contribution in [0.2, 0.25) is 5.02 Å². The molecule has 3 nitrogen and oxygen atoms in total. The molecule has 106 valence electrons. The van der Waals surface area contributed by atoms with E-state index < -0.39 is 6.10 Å². The molecule has 0 heterocycles. The van der Waals surface area contributed by atoms with E-state index in [0.717, 1.165) is 16.9 Å². The van der Waals surface area contributed by atoms with Gasteiger partial charge in [-0.1, -0.05) is 24.4 Å². The molecule has 4 heteroatoms. The molecule has 1 aliphatic carbocycles. The number of aliphatic hydroxyl groups excluding tert-OH is 1. The van der Waals surface area contributed by atoms with Crippen molar-refractivity contribution in [2.24, 2.45) is 0 Å². The Bertz CT molecular complexity index is 430. The third-order valence-corrected chi connectivity index (χ3v) is 4.16. The summed E-state index contributed by atoms with van der Waals surface area (Å²) in [6.07, 6.45) is 4.34. The topological polar surface area (TPSA) is 41.5 Å². The average molecular weight is 284 g/mol. The fourth-order valence-corrected chi connectivity index (χ4v) is 3.21. The highest BCUT2D eigenvalue weighted by atomic mass is 35.5. The molecule has 0 radical (unpaired) electrons. The van der Waals surface area contributed by atoms with Crippen LogP contribution in [0.5, 0.6) is 5.75 Å². The van der Waals surface area contributed by atoms with Gasteiger partial charge in [0.05, 0.1) is 18.2 Å². The van der Waals surface area contributed by atoms with E-state index in [2.05, 4.69) is 11.4 Å². The Morgan fingerprint density at radius 1 is 1.42 bits per heavy atom. The summed E-state index contributed by atoms with van der Waals surface area (Å²) in [7, 11) is 3.48. The summed E-state index contributed by atoms with van der Waals surface area (Å²) in [5, 5.41) is 13.7. The van der Waals surface area contributed by atoms with Gasteiger partial charge in [-0.2, -0.15) is 0 Å². The van der Waals surface area contributed by atoms with E-state index in [0.29, 0.717) is 17.5 Å². The minimum atomic E-state index is -0.534. The number of rotatable bonds is 5. The summed E-state index contributed by atoms with van der Waals surface area (Å²) in [6.45, 7) is 0.521. The lowest BCUT2D eigenvalue weighted by Crippen LogP contribution is -2.17. The van der Waals surface area contributed by atoms with Crippen LogP contribution in [-0.2, 0) is 0 Å². The number of hydrogen-bond acceptors (Lipinski definition) is 3. The first kappa shape index (κ1) is 14.6. The first-order chi connectivity index (χ1) is 9.17. The van der Waals surface area contributed by atoms with Gasteiger partial charge in [0.15, 0.2) is 0 Å². The SMILES string of the molecule is CNCC(O)c1cc(Cl)c(OC)c(C2CCCC2)c1. The normalized spacial score (nSPS) is 17.7. The van der Waals surface area contributed by atoms with Crippen molar-refractivity contribution in [2.45, 2.75) is 37.7 Å². The van der Waals surface area contributed by atoms with Gasteiger partial charge >= 0.3 is 0 Å². The number of benzene rings is 1. The fourth-order valence-electron chi connectivity index (χ4n) is 2.90. The zero-order chi connectivity index (χ0) is 13.8. The molecule has 0 amide bonds. The van der Waals surface area contributed by atoms with E-state index in [-0.39, 0.29) is 0 Å². The van der Waals surface area contributed by atoms with Gasteiger partial charge in [0.2, 0.25) is 0 Å². The van der Waals surface area contributed by atoms with Crippen LogP contribution >= 0.6 is 11.6 Å². The maximum absolute atomic E-state index is 10.1. The molecule has 1 aromatic carbocycles. The van der Waals surface area contributed by atoms with Crippen molar-refractivity contribution in [3.63, 3.8) is 0 Å². The lowest BCUT2D eigenvalue weighted by Gasteiger charge is -2.19. The maximum atomic E-state index is 10.1. The predicted molar refractivity (Wildman–Crippen MR) is 78.1 cm³/mol. The van der Waals surface area contributed by atoms with E-state index in [9.17, 15) is 5.11 Å². The van der Waals surface area contributed by atoms with Crippen molar-refractivity contribution in [3.05, 3.63) is 28.3 Å². The summed E-state index contributed by atoms with van der Waals surface area (Å²) >= 11 is 6.30. The molecule has 1 aliphatic rings. The van der Waals surface area contributed by atoms with Gasteiger partial charge in [0.25, 0.3) is 0 Å². The number of ether oxygens (including phenoxy) is 1. The van der Waals surface area contributed by atoms with Crippen LogP contribution in [0.4, 0.5) is 0 Å². The summed E-state index contributed by atoms with van der Waals surface area (Å²) in [5.74, 6) is 1.28. The van der Waals surface area contributed by atoms with Crippen LogP contribution in [0.25, 0.3) is 0 Å². The van der Waals surface area contributed by atoms with Gasteiger partial charge < -0.3 is 15.2 Å². The second kappa shape index (κ2) is 6.60. The lowest BCUT2D eigenvalue weighted by atomic mass is 9.93. The molecule has 1 aromatic rings. The molecule has 1 fully saturated rings. The maximum Gasteiger partial charge on any atom is 0.140 e. The molecule has 0 aromatic heterocycles. The molecular weight excluding hydrogens is 262 g/mol. The van der Waals surface area contributed by atoms with Crippen molar-refractivity contribution in [3.8, 4) is 5.75 Å². The zero-order valence-corrected chi connectivity index (χ0v) is 12.3.